The molecule has 2 aromatic heterocycles. The van der Waals surface area contributed by atoms with Gasteiger partial charge in [-0.25, -0.2) is 4.98 Å². The summed E-state index contributed by atoms with van der Waals surface area (Å²) in [6.45, 7) is 2.52. The van der Waals surface area contributed by atoms with Crippen molar-refractivity contribution in [3.05, 3.63) is 40.8 Å². The highest BCUT2D eigenvalue weighted by Crippen LogP contribution is 2.18. The first kappa shape index (κ1) is 13.5. The first-order valence-corrected chi connectivity index (χ1v) is 6.27. The Labute approximate surface area is 116 Å². The van der Waals surface area contributed by atoms with Crippen LogP contribution in [0.25, 0.3) is 0 Å². The number of aromatic nitrogens is 3. The smallest absolute Gasteiger partial charge is 0.212 e. The Hall–Kier alpha value is -1.88. The van der Waals surface area contributed by atoms with Crippen molar-refractivity contribution in [2.24, 2.45) is 0 Å². The monoisotopic (exact) mass is 279 g/mol. The first-order chi connectivity index (χ1) is 9.15. The Morgan fingerprint density at radius 2 is 2.21 bits per heavy atom. The highest BCUT2D eigenvalue weighted by Gasteiger charge is 2.17. The molecule has 2 aromatic rings. The zero-order valence-electron chi connectivity index (χ0n) is 10.8. The number of carbonyl (C=O) groups excluding carboxylic acids is 1. The van der Waals surface area contributed by atoms with Crippen LogP contribution in [0.3, 0.4) is 0 Å². The average Bonchev–Trinajstić information content (AvgIpc) is 2.80. The van der Waals surface area contributed by atoms with Gasteiger partial charge in [0, 0.05) is 25.2 Å². The first-order valence-electron chi connectivity index (χ1n) is 5.89. The minimum absolute atomic E-state index is 0.0729. The number of pyridine rings is 1. The molecule has 0 atom stereocenters. The van der Waals surface area contributed by atoms with E-state index < -0.39 is 0 Å². The molecule has 2 heterocycles. The van der Waals surface area contributed by atoms with Gasteiger partial charge in [-0.2, -0.15) is 5.10 Å². The molecule has 0 aliphatic carbocycles. The lowest BCUT2D eigenvalue weighted by Gasteiger charge is -2.05. The number of aryl methyl sites for hydroxylation is 1. The minimum Gasteiger partial charge on any atom is -0.481 e. The van der Waals surface area contributed by atoms with Gasteiger partial charge in [-0.3, -0.25) is 9.48 Å². The standard InChI is InChI=1S/C13H14ClN3O2/c1-3-17-13(10(14)8-16-17)11(18)6-9-4-5-12(19-2)15-7-9/h4-5,7-8H,3,6H2,1-2H3. The van der Waals surface area contributed by atoms with Gasteiger partial charge in [0.05, 0.1) is 18.3 Å². The Morgan fingerprint density at radius 3 is 2.79 bits per heavy atom. The number of Topliss-reactive ketones (excluding diaryl/α,β-unsaturated/α-hetero) is 1. The largest absolute Gasteiger partial charge is 0.481 e. The SMILES string of the molecule is CCn1ncc(Cl)c1C(=O)Cc1ccc(OC)nc1. The second-order valence-electron chi connectivity index (χ2n) is 3.97. The van der Waals surface area contributed by atoms with E-state index in [-0.39, 0.29) is 12.2 Å². The van der Waals surface area contributed by atoms with Crippen molar-refractivity contribution < 1.29 is 9.53 Å². The molecule has 0 fully saturated rings. The maximum atomic E-state index is 12.2. The summed E-state index contributed by atoms with van der Waals surface area (Å²) in [4.78, 5) is 16.3. The predicted molar refractivity (Wildman–Crippen MR) is 71.7 cm³/mol. The fourth-order valence-corrected chi connectivity index (χ4v) is 2.03. The van der Waals surface area contributed by atoms with Crippen molar-refractivity contribution in [2.45, 2.75) is 19.9 Å². The van der Waals surface area contributed by atoms with Gasteiger partial charge >= 0.3 is 0 Å². The van der Waals surface area contributed by atoms with E-state index in [9.17, 15) is 4.79 Å². The molecule has 0 saturated heterocycles. The molecule has 0 spiro atoms. The average molecular weight is 280 g/mol. The molecule has 0 saturated carbocycles. The van der Waals surface area contributed by atoms with E-state index in [1.165, 1.54) is 6.20 Å². The maximum Gasteiger partial charge on any atom is 0.212 e. The van der Waals surface area contributed by atoms with E-state index in [4.69, 9.17) is 16.3 Å². The molecule has 0 N–H and O–H groups in total. The molecule has 0 amide bonds. The molecule has 2 rings (SSSR count). The van der Waals surface area contributed by atoms with Crippen LogP contribution in [-0.2, 0) is 13.0 Å². The van der Waals surface area contributed by atoms with Crippen molar-refractivity contribution >= 4 is 17.4 Å². The van der Waals surface area contributed by atoms with Gasteiger partial charge in [-0.15, -0.1) is 0 Å². The lowest BCUT2D eigenvalue weighted by atomic mass is 10.1. The number of ketones is 1. The van der Waals surface area contributed by atoms with Crippen LogP contribution in [0.2, 0.25) is 5.02 Å². The topological polar surface area (TPSA) is 57.0 Å². The molecule has 6 heteroatoms. The van der Waals surface area contributed by atoms with Crippen LogP contribution in [-0.4, -0.2) is 27.7 Å². The van der Waals surface area contributed by atoms with E-state index >= 15 is 0 Å². The molecule has 0 aliphatic heterocycles. The number of hydrogen-bond donors (Lipinski definition) is 0. The van der Waals surface area contributed by atoms with Crippen LogP contribution < -0.4 is 4.74 Å². The Kier molecular flexibility index (Phi) is 4.16. The van der Waals surface area contributed by atoms with Crippen molar-refractivity contribution in [3.8, 4) is 5.88 Å². The van der Waals surface area contributed by atoms with Gasteiger partial charge in [0.1, 0.15) is 5.69 Å². The number of rotatable bonds is 5. The number of halogens is 1. The fourth-order valence-electron chi connectivity index (χ4n) is 1.78. The number of nitrogens with zero attached hydrogens (tertiary/aromatic N) is 3. The van der Waals surface area contributed by atoms with Crippen LogP contribution >= 0.6 is 11.6 Å². The van der Waals surface area contributed by atoms with Gasteiger partial charge in [0.25, 0.3) is 0 Å². The zero-order valence-corrected chi connectivity index (χ0v) is 11.5. The second-order valence-corrected chi connectivity index (χ2v) is 4.37. The van der Waals surface area contributed by atoms with Gasteiger partial charge < -0.3 is 4.74 Å². The normalized spacial score (nSPS) is 10.5. The van der Waals surface area contributed by atoms with Gasteiger partial charge in [0.15, 0.2) is 5.78 Å². The molecule has 0 radical (unpaired) electrons. The van der Waals surface area contributed by atoms with Crippen LogP contribution in [0.5, 0.6) is 5.88 Å². The molecule has 19 heavy (non-hydrogen) atoms. The lowest BCUT2D eigenvalue weighted by molar-refractivity contribution is 0.0983. The molecular weight excluding hydrogens is 266 g/mol. The molecule has 0 aromatic carbocycles. The molecule has 5 nitrogen and oxygen atoms in total. The zero-order chi connectivity index (χ0) is 13.8. The van der Waals surface area contributed by atoms with Crippen molar-refractivity contribution in [1.82, 2.24) is 14.8 Å². The number of hydrogen-bond acceptors (Lipinski definition) is 4. The number of methoxy groups -OCH3 is 1. The predicted octanol–water partition coefficient (Wildman–Crippen LogP) is 2.39. The molecule has 0 unspecified atom stereocenters. The van der Waals surface area contributed by atoms with Crippen LogP contribution in [0.4, 0.5) is 0 Å². The summed E-state index contributed by atoms with van der Waals surface area (Å²) in [5.41, 5.74) is 1.26. The molecule has 0 bridgehead atoms. The lowest BCUT2D eigenvalue weighted by Crippen LogP contribution is -2.12. The van der Waals surface area contributed by atoms with E-state index in [2.05, 4.69) is 10.1 Å². The molecular formula is C13H14ClN3O2. The van der Waals surface area contributed by atoms with E-state index in [1.54, 1.807) is 24.1 Å². The molecule has 0 aliphatic rings. The van der Waals surface area contributed by atoms with Crippen molar-refractivity contribution in [1.29, 1.82) is 0 Å². The molecule has 100 valence electrons. The Morgan fingerprint density at radius 1 is 1.42 bits per heavy atom. The second kappa shape index (κ2) is 5.84. The summed E-state index contributed by atoms with van der Waals surface area (Å²) >= 11 is 5.99. The third kappa shape index (κ3) is 2.93. The Balaban J connectivity index is 2.18. The number of carbonyl (C=O) groups is 1. The maximum absolute atomic E-state index is 12.2. The van der Waals surface area contributed by atoms with Crippen LogP contribution in [0, 0.1) is 0 Å². The van der Waals surface area contributed by atoms with Crippen molar-refractivity contribution in [2.75, 3.05) is 7.11 Å². The summed E-state index contributed by atoms with van der Waals surface area (Å²) in [6, 6.07) is 3.53. The summed E-state index contributed by atoms with van der Waals surface area (Å²) in [5, 5.41) is 4.44. The highest BCUT2D eigenvalue weighted by molar-refractivity contribution is 6.33. The number of ether oxygens (including phenoxy) is 1. The minimum atomic E-state index is -0.0729. The summed E-state index contributed by atoms with van der Waals surface area (Å²) < 4.78 is 6.57. The highest BCUT2D eigenvalue weighted by atomic mass is 35.5. The third-order valence-electron chi connectivity index (χ3n) is 2.73. The summed E-state index contributed by atoms with van der Waals surface area (Å²) in [7, 11) is 1.55. The van der Waals surface area contributed by atoms with Crippen LogP contribution in [0.1, 0.15) is 23.0 Å². The van der Waals surface area contributed by atoms with Crippen LogP contribution in [0.15, 0.2) is 24.5 Å². The fraction of sp³-hybridized carbons (Fsp3) is 0.308. The quantitative estimate of drug-likeness (QED) is 0.789. The van der Waals surface area contributed by atoms with E-state index in [1.807, 2.05) is 13.0 Å². The van der Waals surface area contributed by atoms with Crippen molar-refractivity contribution in [3.63, 3.8) is 0 Å². The third-order valence-corrected chi connectivity index (χ3v) is 3.01. The van der Waals surface area contributed by atoms with Gasteiger partial charge in [-0.05, 0) is 12.5 Å². The summed E-state index contributed by atoms with van der Waals surface area (Å²) in [6.07, 6.45) is 3.35. The van der Waals surface area contributed by atoms with Gasteiger partial charge in [0.2, 0.25) is 5.88 Å². The summed E-state index contributed by atoms with van der Waals surface area (Å²) in [5.74, 6) is 0.448. The van der Waals surface area contributed by atoms with E-state index in [0.717, 1.165) is 5.56 Å². The van der Waals surface area contributed by atoms with E-state index in [0.29, 0.717) is 23.1 Å². The van der Waals surface area contributed by atoms with Gasteiger partial charge in [-0.1, -0.05) is 17.7 Å². The Bertz CT molecular complexity index is 578.